The van der Waals surface area contributed by atoms with Crippen LogP contribution in [0.1, 0.15) is 0 Å². The van der Waals surface area contributed by atoms with E-state index < -0.39 is 10.4 Å². The molecule has 6 nitrogen and oxygen atoms in total. The summed E-state index contributed by atoms with van der Waals surface area (Å²) in [5.74, 6) is 0. The van der Waals surface area contributed by atoms with Crippen LogP contribution in [-0.4, -0.2) is 22.7 Å². The Morgan fingerprint density at radius 1 is 1.40 bits per heavy atom. The van der Waals surface area contributed by atoms with E-state index >= 15 is 0 Å². The summed E-state index contributed by atoms with van der Waals surface area (Å²) >= 11 is 0. The van der Waals surface area contributed by atoms with Crippen molar-refractivity contribution in [3.63, 3.8) is 0 Å². The molecule has 0 aromatic carbocycles. The molecule has 0 radical (unpaired) electrons. The average molecular weight is 167 g/mol. The van der Waals surface area contributed by atoms with Gasteiger partial charge in [0.15, 0.2) is 0 Å². The monoisotopic (exact) mass is 167 g/mol. The van der Waals surface area contributed by atoms with Crippen molar-refractivity contribution in [1.29, 1.82) is 0 Å². The van der Waals surface area contributed by atoms with E-state index in [0.29, 0.717) is 0 Å². The lowest BCUT2D eigenvalue weighted by atomic mass is 10.8. The number of aromatic nitrogens is 1. The van der Waals surface area contributed by atoms with Crippen LogP contribution in [0.15, 0.2) is 23.0 Å². The smallest absolute Gasteiger partial charge is 0.365 e. The van der Waals surface area contributed by atoms with Crippen LogP contribution in [0.25, 0.3) is 0 Å². The highest BCUT2D eigenvalue weighted by molar-refractivity contribution is 7.79. The molecular formula is C3H5NO5S. The van der Waals surface area contributed by atoms with Crippen molar-refractivity contribution in [1.82, 2.24) is 5.16 Å². The molecule has 1 heterocycles. The molecule has 0 atom stereocenters. The molecule has 7 heteroatoms. The predicted octanol–water partition coefficient (Wildman–Crippen LogP) is 0.0218. The maximum Gasteiger partial charge on any atom is 0.394 e. The van der Waals surface area contributed by atoms with Crippen molar-refractivity contribution in [2.45, 2.75) is 0 Å². The molecule has 1 aromatic heterocycles. The Kier molecular flexibility index (Phi) is 3.62. The minimum Gasteiger partial charge on any atom is -0.365 e. The van der Waals surface area contributed by atoms with Crippen molar-refractivity contribution < 1.29 is 22.0 Å². The molecule has 0 bridgehead atoms. The van der Waals surface area contributed by atoms with Gasteiger partial charge < -0.3 is 4.52 Å². The molecule has 10 heavy (non-hydrogen) atoms. The zero-order valence-corrected chi connectivity index (χ0v) is 5.52. The maximum atomic E-state index is 8.74. The molecule has 0 aliphatic rings. The van der Waals surface area contributed by atoms with Gasteiger partial charge in [-0.2, -0.15) is 8.42 Å². The second kappa shape index (κ2) is 3.99. The number of hydrogen-bond acceptors (Lipinski definition) is 4. The van der Waals surface area contributed by atoms with Gasteiger partial charge in [-0.15, -0.1) is 0 Å². The largest absolute Gasteiger partial charge is 0.394 e. The van der Waals surface area contributed by atoms with Gasteiger partial charge in [0.05, 0.1) is 6.20 Å². The Hall–Kier alpha value is -0.920. The first-order chi connectivity index (χ1) is 4.50. The fourth-order valence-electron chi connectivity index (χ4n) is 0.176. The first-order valence-electron chi connectivity index (χ1n) is 2.04. The third-order valence-electron chi connectivity index (χ3n) is 0.347. The Morgan fingerprint density at radius 2 is 1.90 bits per heavy atom. The molecule has 1 rings (SSSR count). The molecule has 58 valence electrons. The van der Waals surface area contributed by atoms with Gasteiger partial charge in [-0.3, -0.25) is 9.11 Å². The molecule has 0 saturated carbocycles. The van der Waals surface area contributed by atoms with Crippen LogP contribution in [0.3, 0.4) is 0 Å². The lowest BCUT2D eigenvalue weighted by molar-refractivity contribution is 0.381. The maximum absolute atomic E-state index is 8.74. The molecule has 0 aliphatic carbocycles. The minimum absolute atomic E-state index is 1.51. The van der Waals surface area contributed by atoms with Gasteiger partial charge in [0.25, 0.3) is 0 Å². The third kappa shape index (κ3) is 15.7. The number of hydrogen-bond donors (Lipinski definition) is 2. The second-order valence-electron chi connectivity index (χ2n) is 1.14. The van der Waals surface area contributed by atoms with E-state index in [0.717, 1.165) is 0 Å². The van der Waals surface area contributed by atoms with Crippen LogP contribution >= 0.6 is 0 Å². The summed E-state index contributed by atoms with van der Waals surface area (Å²) in [6, 6.07) is 1.72. The fraction of sp³-hybridized carbons (Fsp3) is 0. The third-order valence-corrected chi connectivity index (χ3v) is 0.347. The quantitative estimate of drug-likeness (QED) is 0.528. The van der Waals surface area contributed by atoms with Crippen LogP contribution in [0.4, 0.5) is 0 Å². The lowest BCUT2D eigenvalue weighted by Gasteiger charge is -1.68. The highest BCUT2D eigenvalue weighted by Crippen LogP contribution is 1.72. The van der Waals surface area contributed by atoms with Crippen molar-refractivity contribution in [3.05, 3.63) is 18.5 Å². The van der Waals surface area contributed by atoms with Gasteiger partial charge in [0.2, 0.25) is 0 Å². The normalized spacial score (nSPS) is 9.80. The van der Waals surface area contributed by atoms with Crippen molar-refractivity contribution in [3.8, 4) is 0 Å². The zero-order chi connectivity index (χ0) is 8.04. The molecule has 0 amide bonds. The Balaban J connectivity index is 0.000000162. The zero-order valence-electron chi connectivity index (χ0n) is 4.71. The Bertz CT molecular complexity index is 213. The summed E-state index contributed by atoms with van der Waals surface area (Å²) in [7, 11) is -4.67. The minimum atomic E-state index is -4.67. The molecule has 0 spiro atoms. The van der Waals surface area contributed by atoms with Crippen LogP contribution in [0.2, 0.25) is 0 Å². The Labute approximate surface area is 57.0 Å². The van der Waals surface area contributed by atoms with Crippen LogP contribution in [0, 0.1) is 0 Å². The van der Waals surface area contributed by atoms with Crippen molar-refractivity contribution in [2.75, 3.05) is 0 Å². The SMILES string of the molecule is O=S(=O)(O)O.c1cnoc1. The van der Waals surface area contributed by atoms with Gasteiger partial charge in [-0.1, -0.05) is 5.16 Å². The van der Waals surface area contributed by atoms with Gasteiger partial charge >= 0.3 is 10.4 Å². The lowest BCUT2D eigenvalue weighted by Crippen LogP contribution is -1.89. The summed E-state index contributed by atoms with van der Waals surface area (Å²) in [4.78, 5) is 0. The van der Waals surface area contributed by atoms with Gasteiger partial charge in [-0.25, -0.2) is 0 Å². The van der Waals surface area contributed by atoms with Crippen molar-refractivity contribution in [2.24, 2.45) is 0 Å². The summed E-state index contributed by atoms with van der Waals surface area (Å²) in [5.41, 5.74) is 0. The van der Waals surface area contributed by atoms with Gasteiger partial charge in [0, 0.05) is 0 Å². The molecule has 0 aliphatic heterocycles. The van der Waals surface area contributed by atoms with E-state index in [2.05, 4.69) is 9.68 Å². The average Bonchev–Trinajstić information content (AvgIpc) is 2.07. The second-order valence-corrected chi connectivity index (χ2v) is 2.03. The van der Waals surface area contributed by atoms with E-state index in [4.69, 9.17) is 17.5 Å². The number of nitrogens with zero attached hydrogens (tertiary/aromatic N) is 1. The van der Waals surface area contributed by atoms with E-state index in [9.17, 15) is 0 Å². The van der Waals surface area contributed by atoms with Crippen LogP contribution in [-0.2, 0) is 10.4 Å². The molecule has 2 N–H and O–H groups in total. The first kappa shape index (κ1) is 9.08. The summed E-state index contributed by atoms with van der Waals surface area (Å²) in [5, 5.41) is 3.35. The Morgan fingerprint density at radius 3 is 2.00 bits per heavy atom. The van der Waals surface area contributed by atoms with Crippen LogP contribution < -0.4 is 0 Å². The molecule has 1 aromatic rings. The molecule has 0 unspecified atom stereocenters. The highest BCUT2D eigenvalue weighted by Gasteiger charge is 1.84. The topological polar surface area (TPSA) is 101 Å². The molecular weight excluding hydrogens is 162 g/mol. The van der Waals surface area contributed by atoms with Gasteiger partial charge in [-0.05, 0) is 6.07 Å². The summed E-state index contributed by atoms with van der Waals surface area (Å²) in [6.45, 7) is 0. The summed E-state index contributed by atoms with van der Waals surface area (Å²) in [6.07, 6.45) is 3.10. The first-order valence-corrected chi connectivity index (χ1v) is 3.44. The summed E-state index contributed by atoms with van der Waals surface area (Å²) < 4.78 is 35.9. The highest BCUT2D eigenvalue weighted by atomic mass is 32.3. The van der Waals surface area contributed by atoms with E-state index in [1.54, 1.807) is 12.3 Å². The standard InChI is InChI=1S/C3H3NO.H2O4S/c1-2-4-5-3-1;1-5(2,3)4/h1-3H;(H2,1,2,3,4). The molecule has 0 saturated heterocycles. The molecule has 0 fully saturated rings. The predicted molar refractivity (Wildman–Crippen MR) is 30.7 cm³/mol. The van der Waals surface area contributed by atoms with Crippen LogP contribution in [0.5, 0.6) is 0 Å². The van der Waals surface area contributed by atoms with Crippen molar-refractivity contribution >= 4 is 10.4 Å². The van der Waals surface area contributed by atoms with Gasteiger partial charge in [0.1, 0.15) is 6.26 Å². The number of rotatable bonds is 0. The van der Waals surface area contributed by atoms with E-state index in [1.165, 1.54) is 6.26 Å². The van der Waals surface area contributed by atoms with E-state index in [1.807, 2.05) is 0 Å². The van der Waals surface area contributed by atoms with E-state index in [-0.39, 0.29) is 0 Å². The fourth-order valence-corrected chi connectivity index (χ4v) is 0.176.